The minimum absolute atomic E-state index is 0.229. The molecule has 0 spiro atoms. The summed E-state index contributed by atoms with van der Waals surface area (Å²) in [6.07, 6.45) is 0.413. The van der Waals surface area contributed by atoms with Crippen LogP contribution in [0, 0.1) is 0 Å². The lowest BCUT2D eigenvalue weighted by molar-refractivity contribution is -0.250. The molecule has 39 heavy (non-hydrogen) atoms. The number of ether oxygens (including phenoxy) is 1. The summed E-state index contributed by atoms with van der Waals surface area (Å²) in [5.74, 6) is 0.432. The molecular formula is C17H28N6O13P3-3. The second kappa shape index (κ2) is 13.5. The van der Waals surface area contributed by atoms with Crippen LogP contribution in [0.25, 0.3) is 11.2 Å². The molecule has 19 nitrogen and oxygen atoms in total. The van der Waals surface area contributed by atoms with Crippen LogP contribution in [0.15, 0.2) is 12.7 Å². The third-order valence-corrected chi connectivity index (χ3v) is 9.11. The van der Waals surface area contributed by atoms with Crippen LogP contribution in [0.1, 0.15) is 31.9 Å². The number of anilines is 1. The van der Waals surface area contributed by atoms with Gasteiger partial charge in [-0.05, 0) is 26.4 Å². The summed E-state index contributed by atoms with van der Waals surface area (Å²) < 4.78 is 51.5. The van der Waals surface area contributed by atoms with Crippen LogP contribution >= 0.6 is 23.5 Å². The first-order chi connectivity index (χ1) is 18.2. The highest BCUT2D eigenvalue weighted by Gasteiger charge is 2.45. The first kappa shape index (κ1) is 32.1. The molecule has 7 atom stereocenters. The van der Waals surface area contributed by atoms with Gasteiger partial charge in [0.15, 0.2) is 23.2 Å². The van der Waals surface area contributed by atoms with Crippen molar-refractivity contribution in [1.82, 2.24) is 24.8 Å². The second-order valence-electron chi connectivity index (χ2n) is 8.36. The molecule has 0 aliphatic carbocycles. The Morgan fingerprint density at radius 1 is 1.00 bits per heavy atom. The van der Waals surface area contributed by atoms with E-state index < -0.39 is 54.6 Å². The van der Waals surface area contributed by atoms with Gasteiger partial charge in [-0.2, -0.15) is 0 Å². The number of phosphoric acid groups is 3. The van der Waals surface area contributed by atoms with Crippen LogP contribution in [-0.2, 0) is 31.6 Å². The summed E-state index contributed by atoms with van der Waals surface area (Å²) in [6.45, 7) is 0.529. The number of hydrogen-bond acceptors (Lipinski definition) is 17. The molecule has 0 bridgehead atoms. The molecule has 0 aromatic carbocycles. The van der Waals surface area contributed by atoms with E-state index >= 15 is 0 Å². The highest BCUT2D eigenvalue weighted by Crippen LogP contribution is 2.61. The maximum absolute atomic E-state index is 11.8. The van der Waals surface area contributed by atoms with Gasteiger partial charge in [0, 0.05) is 6.54 Å². The van der Waals surface area contributed by atoms with Gasteiger partial charge in [-0.3, -0.25) is 18.3 Å². The first-order valence-corrected chi connectivity index (χ1v) is 16.0. The van der Waals surface area contributed by atoms with Gasteiger partial charge in [0.1, 0.15) is 24.6 Å². The fraction of sp³-hybridized carbons (Fsp3) is 0.706. The molecule has 3 heterocycles. The molecule has 4 unspecified atom stereocenters. The molecular weight excluding hydrogens is 589 g/mol. The maximum atomic E-state index is 11.8. The van der Waals surface area contributed by atoms with Crippen molar-refractivity contribution in [3.05, 3.63) is 12.7 Å². The Balaban J connectivity index is 1.62. The summed E-state index contributed by atoms with van der Waals surface area (Å²) in [5.41, 5.74) is 0.577. The topological polar surface area (TPSA) is 286 Å². The average Bonchev–Trinajstić information content (AvgIpc) is 3.36. The Hall–Kier alpha value is -1.40. The number of fused-ring (bicyclic) bond motifs is 1. The fourth-order valence-electron chi connectivity index (χ4n) is 3.70. The molecule has 222 valence electrons. The van der Waals surface area contributed by atoms with Crippen molar-refractivity contribution < 1.29 is 61.4 Å². The number of nitrogens with one attached hydrogen (secondary N) is 2. The van der Waals surface area contributed by atoms with Crippen LogP contribution in [0.4, 0.5) is 5.82 Å². The molecule has 0 amide bonds. The number of nitrogens with zero attached hydrogens (tertiary/aromatic N) is 4. The lowest BCUT2D eigenvalue weighted by Gasteiger charge is -2.33. The number of aliphatic hydroxyl groups excluding tert-OH is 2. The van der Waals surface area contributed by atoms with Crippen molar-refractivity contribution in [2.75, 3.05) is 32.1 Å². The molecule has 1 fully saturated rings. The van der Waals surface area contributed by atoms with Crippen molar-refractivity contribution in [2.24, 2.45) is 0 Å². The zero-order valence-corrected chi connectivity index (χ0v) is 23.2. The molecule has 0 radical (unpaired) electrons. The van der Waals surface area contributed by atoms with Gasteiger partial charge in [-0.1, -0.05) is 12.8 Å². The molecule has 0 saturated carbocycles. The van der Waals surface area contributed by atoms with E-state index in [-0.39, 0.29) is 5.65 Å². The van der Waals surface area contributed by atoms with Crippen LogP contribution in [0.2, 0.25) is 0 Å². The quantitative estimate of drug-likeness (QED) is 0.101. The summed E-state index contributed by atoms with van der Waals surface area (Å²) in [4.78, 5) is 54.6. The van der Waals surface area contributed by atoms with Gasteiger partial charge in [-0.25, -0.2) is 23.6 Å². The van der Waals surface area contributed by atoms with Crippen LogP contribution < -0.4 is 25.3 Å². The molecule has 22 heteroatoms. The predicted molar refractivity (Wildman–Crippen MR) is 125 cm³/mol. The predicted octanol–water partition coefficient (Wildman–Crippen LogP) is -1.92. The molecule has 2 aromatic rings. The van der Waals surface area contributed by atoms with Crippen LogP contribution in [0.5, 0.6) is 0 Å². The Labute approximate surface area is 222 Å². The molecule has 3 rings (SSSR count). The summed E-state index contributed by atoms with van der Waals surface area (Å²) in [7, 11) is -15.9. The highest BCUT2D eigenvalue weighted by molar-refractivity contribution is 7.65. The number of hydrogen-bond donors (Lipinski definition) is 5. The first-order valence-electron chi connectivity index (χ1n) is 11.5. The van der Waals surface area contributed by atoms with E-state index in [0.717, 1.165) is 32.2 Å². The van der Waals surface area contributed by atoms with E-state index in [4.69, 9.17) is 9.63 Å². The lowest BCUT2D eigenvalue weighted by Crippen LogP contribution is -2.34. The van der Waals surface area contributed by atoms with Gasteiger partial charge in [0.2, 0.25) is 0 Å². The standard InChI is InChI=1S/C17H31N6O13P3/c1-18-6-4-2-3-5-7-19-15-12-16(21-9-20-15)23(10-22-12)17-14(25)13(24)11(34-17)8-33-38(29,30)36-39(31,32)35-37(26,27)28/h9-11,13-14,17-18,24-25H,2-8H2,1H3,(H,29,30)(H,31,32)(H,19,20,21)(H2,26,27,28)/p-3/t11-,13?,14+,17-/m1/s1. The van der Waals surface area contributed by atoms with Crippen molar-refractivity contribution in [2.45, 2.75) is 50.2 Å². The van der Waals surface area contributed by atoms with Crippen LogP contribution in [0.3, 0.4) is 0 Å². The van der Waals surface area contributed by atoms with Gasteiger partial charge in [0.05, 0.1) is 12.9 Å². The lowest BCUT2D eigenvalue weighted by atomic mass is 10.1. The summed E-state index contributed by atoms with van der Waals surface area (Å²) >= 11 is 0. The van der Waals surface area contributed by atoms with E-state index in [0.29, 0.717) is 17.9 Å². The van der Waals surface area contributed by atoms with Crippen LogP contribution in [-0.4, -0.2) is 79.7 Å². The SMILES string of the molecule is CNCCCCCCNc1ncnc2c1ncn2[C@@H]1O[C@H](COP(=O)([O-])OP(=O)([O-])OP(=O)([O-])O)C(O)[C@@H]1O. The van der Waals surface area contributed by atoms with Crippen molar-refractivity contribution in [3.63, 3.8) is 0 Å². The molecule has 5 N–H and O–H groups in total. The zero-order chi connectivity index (χ0) is 28.8. The number of unbranched alkanes of at least 4 members (excludes halogenated alkanes) is 3. The Morgan fingerprint density at radius 2 is 1.69 bits per heavy atom. The highest BCUT2D eigenvalue weighted by atomic mass is 31.3. The normalized spacial score (nSPS) is 26.2. The smallest absolute Gasteiger partial charge is 0.280 e. The zero-order valence-electron chi connectivity index (χ0n) is 20.5. The number of aromatic nitrogens is 4. The number of rotatable bonds is 16. The molecule has 1 aliphatic rings. The third kappa shape index (κ3) is 9.31. The minimum atomic E-state index is -6.09. The van der Waals surface area contributed by atoms with E-state index in [9.17, 15) is 38.6 Å². The van der Waals surface area contributed by atoms with Crippen molar-refractivity contribution in [1.29, 1.82) is 0 Å². The molecule has 1 aliphatic heterocycles. The van der Waals surface area contributed by atoms with Gasteiger partial charge < -0.3 is 49.7 Å². The monoisotopic (exact) mass is 617 g/mol. The third-order valence-electron chi connectivity index (χ3n) is 5.42. The largest absolute Gasteiger partial charge is 0.756 e. The van der Waals surface area contributed by atoms with Gasteiger partial charge in [-0.15, -0.1) is 0 Å². The number of imidazole rings is 1. The van der Waals surface area contributed by atoms with E-state index in [1.807, 2.05) is 7.05 Å². The van der Waals surface area contributed by atoms with Crippen molar-refractivity contribution in [3.8, 4) is 0 Å². The Morgan fingerprint density at radius 3 is 2.36 bits per heavy atom. The van der Waals surface area contributed by atoms with E-state index in [2.05, 4.69) is 38.7 Å². The van der Waals surface area contributed by atoms with E-state index in [1.54, 1.807) is 0 Å². The summed E-state index contributed by atoms with van der Waals surface area (Å²) in [5, 5.41) is 27.1. The Bertz CT molecular complexity index is 1240. The average molecular weight is 617 g/mol. The fourth-order valence-corrected chi connectivity index (χ4v) is 6.60. The maximum Gasteiger partial charge on any atom is 0.280 e. The second-order valence-corrected chi connectivity index (χ2v) is 12.6. The Kier molecular flexibility index (Phi) is 11.1. The van der Waals surface area contributed by atoms with Gasteiger partial charge in [0.25, 0.3) is 23.5 Å². The molecule has 2 aromatic heterocycles. The van der Waals surface area contributed by atoms with Gasteiger partial charge >= 0.3 is 0 Å². The number of aliphatic hydroxyl groups is 2. The van der Waals surface area contributed by atoms with E-state index in [1.165, 1.54) is 17.2 Å². The minimum Gasteiger partial charge on any atom is -0.756 e. The summed E-state index contributed by atoms with van der Waals surface area (Å²) in [6, 6.07) is 0. The number of phosphoric ester groups is 1. The van der Waals surface area contributed by atoms with Crippen molar-refractivity contribution >= 4 is 40.4 Å². The molecule has 1 saturated heterocycles.